The highest BCUT2D eigenvalue weighted by Crippen LogP contribution is 2.41. The first-order valence-electron chi connectivity index (χ1n) is 6.12. The molecule has 1 unspecified atom stereocenters. The molecule has 0 aromatic carbocycles. The van der Waals surface area contributed by atoms with E-state index in [-0.39, 0.29) is 11.8 Å². The molecule has 0 spiro atoms. The quantitative estimate of drug-likeness (QED) is 0.706. The zero-order valence-electron chi connectivity index (χ0n) is 10.9. The van der Waals surface area contributed by atoms with E-state index in [2.05, 4.69) is 6.92 Å². The highest BCUT2D eigenvalue weighted by atomic mass is 19.3. The minimum atomic E-state index is -2.57. The van der Waals surface area contributed by atoms with Gasteiger partial charge in [-0.1, -0.05) is 27.7 Å². The minimum absolute atomic E-state index is 0.00785. The molecular formula is C13H24F2O. The van der Waals surface area contributed by atoms with Gasteiger partial charge in [0.1, 0.15) is 0 Å². The number of halogens is 2. The van der Waals surface area contributed by atoms with Gasteiger partial charge in [0.15, 0.2) is 0 Å². The van der Waals surface area contributed by atoms with Gasteiger partial charge in [0, 0.05) is 18.4 Å². The molecule has 0 amide bonds. The van der Waals surface area contributed by atoms with E-state index in [4.69, 9.17) is 4.74 Å². The van der Waals surface area contributed by atoms with Gasteiger partial charge in [0.25, 0.3) is 5.92 Å². The number of hydrogen-bond donors (Lipinski definition) is 0. The van der Waals surface area contributed by atoms with E-state index in [1.807, 2.05) is 0 Å². The summed E-state index contributed by atoms with van der Waals surface area (Å²) in [5, 5.41) is 0. The lowest BCUT2D eigenvalue weighted by Gasteiger charge is -2.31. The number of rotatable bonds is 4. The monoisotopic (exact) mass is 234 g/mol. The van der Waals surface area contributed by atoms with Gasteiger partial charge in [0.2, 0.25) is 0 Å². The lowest BCUT2D eigenvalue weighted by atomic mass is 9.80. The van der Waals surface area contributed by atoms with Crippen LogP contribution < -0.4 is 0 Å². The van der Waals surface area contributed by atoms with Crippen LogP contribution in [-0.4, -0.2) is 19.1 Å². The van der Waals surface area contributed by atoms with E-state index >= 15 is 0 Å². The molecule has 96 valence electrons. The molecule has 0 radical (unpaired) electrons. The molecule has 1 fully saturated rings. The van der Waals surface area contributed by atoms with E-state index in [1.54, 1.807) is 20.8 Å². The first kappa shape index (κ1) is 13.9. The Morgan fingerprint density at radius 1 is 1.25 bits per heavy atom. The third-order valence-corrected chi connectivity index (χ3v) is 3.67. The van der Waals surface area contributed by atoms with Gasteiger partial charge in [-0.3, -0.25) is 0 Å². The summed E-state index contributed by atoms with van der Waals surface area (Å²) in [5.74, 6) is -2.57. The second-order valence-corrected chi connectivity index (χ2v) is 6.42. The lowest BCUT2D eigenvalue weighted by Crippen LogP contribution is -2.34. The molecule has 1 aliphatic rings. The van der Waals surface area contributed by atoms with Crippen LogP contribution in [0.25, 0.3) is 0 Å². The molecule has 16 heavy (non-hydrogen) atoms. The van der Waals surface area contributed by atoms with Gasteiger partial charge < -0.3 is 4.74 Å². The Morgan fingerprint density at radius 2 is 1.88 bits per heavy atom. The average molecular weight is 234 g/mol. The molecule has 1 atom stereocenters. The normalized spacial score (nSPS) is 27.4. The van der Waals surface area contributed by atoms with E-state index in [0.717, 1.165) is 26.1 Å². The smallest absolute Gasteiger partial charge is 0.252 e. The van der Waals surface area contributed by atoms with Crippen molar-refractivity contribution in [1.82, 2.24) is 0 Å². The largest absolute Gasteiger partial charge is 0.381 e. The molecule has 1 nitrogen and oxygen atoms in total. The van der Waals surface area contributed by atoms with Crippen LogP contribution in [-0.2, 0) is 4.74 Å². The molecule has 0 aromatic heterocycles. The molecular weight excluding hydrogens is 210 g/mol. The Morgan fingerprint density at radius 3 is 2.31 bits per heavy atom. The van der Waals surface area contributed by atoms with Crippen molar-refractivity contribution in [2.75, 3.05) is 13.2 Å². The second kappa shape index (κ2) is 4.59. The Hall–Kier alpha value is -0.180. The van der Waals surface area contributed by atoms with Crippen molar-refractivity contribution in [3.63, 3.8) is 0 Å². The summed E-state index contributed by atoms with van der Waals surface area (Å²) < 4.78 is 32.7. The SMILES string of the molecule is CC1(CCCC(F)(F)C(C)(C)C)CCOC1. The van der Waals surface area contributed by atoms with Crippen molar-refractivity contribution in [3.05, 3.63) is 0 Å². The maximum Gasteiger partial charge on any atom is 0.252 e. The Balaban J connectivity index is 2.35. The summed E-state index contributed by atoms with van der Waals surface area (Å²) in [5.41, 5.74) is -0.798. The fourth-order valence-electron chi connectivity index (χ4n) is 2.02. The zero-order chi connectivity index (χ0) is 12.4. The molecule has 0 saturated carbocycles. The summed E-state index contributed by atoms with van der Waals surface area (Å²) in [6.45, 7) is 8.46. The topological polar surface area (TPSA) is 9.23 Å². The maximum absolute atomic E-state index is 13.7. The first-order chi connectivity index (χ1) is 7.16. The van der Waals surface area contributed by atoms with Gasteiger partial charge in [-0.15, -0.1) is 0 Å². The maximum atomic E-state index is 13.7. The van der Waals surface area contributed by atoms with Crippen LogP contribution >= 0.6 is 0 Å². The highest BCUT2D eigenvalue weighted by Gasteiger charge is 2.42. The van der Waals surface area contributed by atoms with Crippen LogP contribution in [0.15, 0.2) is 0 Å². The lowest BCUT2D eigenvalue weighted by molar-refractivity contribution is -0.105. The molecule has 0 aliphatic carbocycles. The van der Waals surface area contributed by atoms with Crippen LogP contribution in [0.2, 0.25) is 0 Å². The molecule has 0 aromatic rings. The summed E-state index contributed by atoms with van der Waals surface area (Å²) in [6.07, 6.45) is 2.43. The molecule has 1 heterocycles. The van der Waals surface area contributed by atoms with Crippen molar-refractivity contribution in [1.29, 1.82) is 0 Å². The standard InChI is InChI=1S/C13H24F2O/c1-11(2,3)13(14,15)7-5-6-12(4)8-9-16-10-12/h5-10H2,1-4H3. The van der Waals surface area contributed by atoms with Gasteiger partial charge in [-0.25, -0.2) is 8.78 Å². The molecule has 3 heteroatoms. The summed E-state index contributed by atoms with van der Waals surface area (Å²) in [7, 11) is 0. The van der Waals surface area contributed by atoms with Crippen LogP contribution in [0.3, 0.4) is 0 Å². The third-order valence-electron chi connectivity index (χ3n) is 3.67. The van der Waals surface area contributed by atoms with Gasteiger partial charge in [-0.2, -0.15) is 0 Å². The second-order valence-electron chi connectivity index (χ2n) is 6.42. The van der Waals surface area contributed by atoms with E-state index in [9.17, 15) is 8.78 Å². The molecule has 1 saturated heterocycles. The average Bonchev–Trinajstić information content (AvgIpc) is 2.50. The number of alkyl halides is 2. The van der Waals surface area contributed by atoms with Crippen molar-refractivity contribution in [2.24, 2.45) is 10.8 Å². The molecule has 1 aliphatic heterocycles. The predicted octanol–water partition coefficient (Wildman–Crippen LogP) is 4.26. The zero-order valence-corrected chi connectivity index (χ0v) is 10.9. The van der Waals surface area contributed by atoms with Crippen molar-refractivity contribution >= 4 is 0 Å². The Bertz CT molecular complexity index is 225. The summed E-state index contributed by atoms with van der Waals surface area (Å²) >= 11 is 0. The number of hydrogen-bond acceptors (Lipinski definition) is 1. The molecule has 0 N–H and O–H groups in total. The fourth-order valence-corrected chi connectivity index (χ4v) is 2.02. The first-order valence-corrected chi connectivity index (χ1v) is 6.12. The van der Waals surface area contributed by atoms with Gasteiger partial charge in [-0.05, 0) is 24.7 Å². The van der Waals surface area contributed by atoms with Crippen LogP contribution in [0, 0.1) is 10.8 Å². The predicted molar refractivity (Wildman–Crippen MR) is 61.8 cm³/mol. The van der Waals surface area contributed by atoms with Crippen molar-refractivity contribution < 1.29 is 13.5 Å². The van der Waals surface area contributed by atoms with E-state index < -0.39 is 11.3 Å². The Kier molecular flexibility index (Phi) is 3.99. The van der Waals surface area contributed by atoms with Crippen LogP contribution in [0.4, 0.5) is 8.78 Å². The fraction of sp³-hybridized carbons (Fsp3) is 1.00. The molecule has 1 rings (SSSR count). The minimum Gasteiger partial charge on any atom is -0.381 e. The van der Waals surface area contributed by atoms with E-state index in [0.29, 0.717) is 6.42 Å². The summed E-state index contributed by atoms with van der Waals surface area (Å²) in [6, 6.07) is 0. The van der Waals surface area contributed by atoms with Crippen molar-refractivity contribution in [3.8, 4) is 0 Å². The van der Waals surface area contributed by atoms with Crippen LogP contribution in [0.1, 0.15) is 53.4 Å². The number of ether oxygens (including phenoxy) is 1. The molecule has 0 bridgehead atoms. The Labute approximate surface area is 97.6 Å². The van der Waals surface area contributed by atoms with Gasteiger partial charge in [0.05, 0.1) is 6.61 Å². The van der Waals surface area contributed by atoms with Crippen LogP contribution in [0.5, 0.6) is 0 Å². The van der Waals surface area contributed by atoms with Crippen molar-refractivity contribution in [2.45, 2.75) is 59.3 Å². The summed E-state index contributed by atoms with van der Waals surface area (Å²) in [4.78, 5) is 0. The third kappa shape index (κ3) is 3.41. The highest BCUT2D eigenvalue weighted by molar-refractivity contribution is 4.84. The van der Waals surface area contributed by atoms with Gasteiger partial charge >= 0.3 is 0 Å². The van der Waals surface area contributed by atoms with E-state index in [1.165, 1.54) is 0 Å².